The van der Waals surface area contributed by atoms with Crippen molar-refractivity contribution in [2.45, 2.75) is 13.8 Å². The van der Waals surface area contributed by atoms with E-state index >= 15 is 0 Å². The van der Waals surface area contributed by atoms with Gasteiger partial charge in [-0.3, -0.25) is 19.3 Å². The van der Waals surface area contributed by atoms with Crippen LogP contribution in [-0.2, 0) is 14.3 Å². The van der Waals surface area contributed by atoms with Crippen LogP contribution in [0.1, 0.15) is 29.8 Å². The number of rotatable bonds is 8. The third-order valence-electron chi connectivity index (χ3n) is 4.48. The number of ether oxygens (including phenoxy) is 2. The normalized spacial score (nSPS) is 14.5. The highest BCUT2D eigenvalue weighted by atomic mass is 35.5. The minimum absolute atomic E-state index is 0.0852. The molecule has 0 radical (unpaired) electrons. The Kier molecular flexibility index (Phi) is 8.60. The zero-order valence-corrected chi connectivity index (χ0v) is 20.6. The Morgan fingerprint density at radius 1 is 1.09 bits per heavy atom. The lowest BCUT2D eigenvalue weighted by molar-refractivity contribution is -0.127. The summed E-state index contributed by atoms with van der Waals surface area (Å²) in [5.41, 5.74) is 0.888. The quantitative estimate of drug-likeness (QED) is 0.373. The first-order valence-electron chi connectivity index (χ1n) is 10.2. The Morgan fingerprint density at radius 3 is 2.56 bits per heavy atom. The van der Waals surface area contributed by atoms with Crippen LogP contribution in [0.2, 0.25) is 10.0 Å². The predicted molar refractivity (Wildman–Crippen MR) is 131 cm³/mol. The van der Waals surface area contributed by atoms with Gasteiger partial charge in [0.1, 0.15) is 12.3 Å². The molecule has 2 aromatic rings. The van der Waals surface area contributed by atoms with Gasteiger partial charge in [0.2, 0.25) is 5.91 Å². The maximum Gasteiger partial charge on any atom is 0.339 e. The molecule has 178 valence electrons. The molecule has 2 aromatic carbocycles. The minimum atomic E-state index is -0.632. The van der Waals surface area contributed by atoms with Crippen molar-refractivity contribution in [1.29, 1.82) is 0 Å². The van der Waals surface area contributed by atoms with Gasteiger partial charge in [0.15, 0.2) is 0 Å². The van der Waals surface area contributed by atoms with E-state index in [2.05, 4.69) is 5.32 Å². The third kappa shape index (κ3) is 6.11. The molecule has 0 bridgehead atoms. The molecule has 34 heavy (non-hydrogen) atoms. The molecule has 3 rings (SSSR count). The minimum Gasteiger partial charge on any atom is -0.493 e. The van der Waals surface area contributed by atoms with Crippen molar-refractivity contribution in [2.75, 3.05) is 25.1 Å². The van der Waals surface area contributed by atoms with Gasteiger partial charge in [-0.15, -0.1) is 0 Å². The van der Waals surface area contributed by atoms with Gasteiger partial charge in [-0.05, 0) is 68.1 Å². The van der Waals surface area contributed by atoms with Crippen LogP contribution in [0, 0.1) is 0 Å². The highest BCUT2D eigenvalue weighted by molar-refractivity contribution is 8.18. The molecule has 0 spiro atoms. The lowest BCUT2D eigenvalue weighted by Gasteiger charge is -2.13. The molecule has 1 saturated heterocycles. The molecule has 1 aliphatic heterocycles. The number of nitrogens with zero attached hydrogens (tertiary/aromatic N) is 1. The van der Waals surface area contributed by atoms with E-state index in [1.54, 1.807) is 25.1 Å². The van der Waals surface area contributed by atoms with E-state index in [-0.39, 0.29) is 27.8 Å². The van der Waals surface area contributed by atoms with Gasteiger partial charge in [-0.1, -0.05) is 23.2 Å². The van der Waals surface area contributed by atoms with Crippen LogP contribution in [-0.4, -0.2) is 47.7 Å². The zero-order valence-electron chi connectivity index (χ0n) is 18.2. The number of carbonyl (C=O) groups is 4. The van der Waals surface area contributed by atoms with Gasteiger partial charge in [-0.2, -0.15) is 0 Å². The Hall–Kier alpha value is -3.01. The maximum absolute atomic E-state index is 12.8. The van der Waals surface area contributed by atoms with E-state index in [0.717, 1.165) is 4.90 Å². The number of hydrogen-bond acceptors (Lipinski definition) is 7. The zero-order chi connectivity index (χ0) is 24.8. The fraction of sp³-hybridized carbons (Fsp3) is 0.217. The van der Waals surface area contributed by atoms with E-state index in [4.69, 9.17) is 32.7 Å². The van der Waals surface area contributed by atoms with Crippen LogP contribution in [0.15, 0.2) is 41.3 Å². The fourth-order valence-corrected chi connectivity index (χ4v) is 4.21. The Bertz CT molecular complexity index is 1180. The van der Waals surface area contributed by atoms with Gasteiger partial charge in [0.25, 0.3) is 11.1 Å². The summed E-state index contributed by atoms with van der Waals surface area (Å²) in [5, 5.41) is 2.58. The molecule has 1 fully saturated rings. The summed E-state index contributed by atoms with van der Waals surface area (Å²) in [6, 6.07) is 9.24. The molecule has 1 N–H and O–H groups in total. The molecule has 11 heteroatoms. The summed E-state index contributed by atoms with van der Waals surface area (Å²) >= 11 is 12.8. The summed E-state index contributed by atoms with van der Waals surface area (Å²) < 4.78 is 10.5. The number of nitrogens with one attached hydrogen (secondary N) is 1. The monoisotopic (exact) mass is 522 g/mol. The van der Waals surface area contributed by atoms with Crippen molar-refractivity contribution in [1.82, 2.24) is 4.90 Å². The second-order valence-electron chi connectivity index (χ2n) is 6.85. The molecule has 0 aromatic heterocycles. The number of hydrogen-bond donors (Lipinski definition) is 1. The molecule has 0 unspecified atom stereocenters. The molecule has 0 saturated carbocycles. The SMILES string of the molecule is CCOC(=O)c1cc(NC(=O)CN2C(=O)S/C(=C/c3cc(Cl)ccc3OCC)C2=O)ccc1Cl. The summed E-state index contributed by atoms with van der Waals surface area (Å²) in [6.07, 6.45) is 1.50. The second kappa shape index (κ2) is 11.4. The van der Waals surface area contributed by atoms with Crippen molar-refractivity contribution in [2.24, 2.45) is 0 Å². The molecule has 3 amide bonds. The van der Waals surface area contributed by atoms with Crippen LogP contribution >= 0.6 is 35.0 Å². The average Bonchev–Trinajstić information content (AvgIpc) is 3.04. The van der Waals surface area contributed by atoms with Crippen molar-refractivity contribution in [3.05, 3.63) is 62.5 Å². The topological polar surface area (TPSA) is 102 Å². The molecule has 1 aliphatic rings. The van der Waals surface area contributed by atoms with E-state index in [1.165, 1.54) is 24.3 Å². The molecular weight excluding hydrogens is 503 g/mol. The Balaban J connectivity index is 1.73. The summed E-state index contributed by atoms with van der Waals surface area (Å²) in [7, 11) is 0. The summed E-state index contributed by atoms with van der Waals surface area (Å²) in [4.78, 5) is 50.7. The number of amides is 3. The van der Waals surface area contributed by atoms with Crippen LogP contribution in [0.4, 0.5) is 10.5 Å². The first kappa shape index (κ1) is 25.6. The highest BCUT2D eigenvalue weighted by Gasteiger charge is 2.36. The Labute approximate surface area is 210 Å². The number of anilines is 1. The van der Waals surface area contributed by atoms with Crippen molar-refractivity contribution in [3.63, 3.8) is 0 Å². The van der Waals surface area contributed by atoms with Gasteiger partial charge >= 0.3 is 5.97 Å². The lowest BCUT2D eigenvalue weighted by atomic mass is 10.2. The first-order valence-corrected chi connectivity index (χ1v) is 11.7. The van der Waals surface area contributed by atoms with Crippen LogP contribution in [0.5, 0.6) is 5.75 Å². The molecule has 0 atom stereocenters. The third-order valence-corrected chi connectivity index (χ3v) is 5.95. The standard InChI is InChI=1S/C23H20Cl2N2O6S/c1-3-32-18-8-5-14(24)9-13(18)10-19-21(29)27(23(31)34-19)12-20(28)26-15-6-7-17(25)16(11-15)22(30)33-4-2/h5-11H,3-4,12H2,1-2H3,(H,26,28)/b19-10+. The fourth-order valence-electron chi connectivity index (χ4n) is 3.01. The maximum atomic E-state index is 12.8. The van der Waals surface area contributed by atoms with E-state index in [0.29, 0.717) is 34.7 Å². The number of halogens is 2. The number of carbonyl (C=O) groups excluding carboxylic acids is 4. The predicted octanol–water partition coefficient (Wildman–Crippen LogP) is 5.24. The van der Waals surface area contributed by atoms with Gasteiger partial charge in [0.05, 0.1) is 28.7 Å². The van der Waals surface area contributed by atoms with Gasteiger partial charge < -0.3 is 14.8 Å². The smallest absolute Gasteiger partial charge is 0.339 e. The van der Waals surface area contributed by atoms with Gasteiger partial charge in [-0.25, -0.2) is 4.79 Å². The molecule has 0 aliphatic carbocycles. The number of esters is 1. The van der Waals surface area contributed by atoms with E-state index < -0.39 is 29.6 Å². The van der Waals surface area contributed by atoms with Crippen molar-refractivity contribution in [3.8, 4) is 5.75 Å². The average molecular weight is 523 g/mol. The van der Waals surface area contributed by atoms with Crippen molar-refractivity contribution >= 4 is 69.8 Å². The van der Waals surface area contributed by atoms with Gasteiger partial charge in [0, 0.05) is 16.3 Å². The summed E-state index contributed by atoms with van der Waals surface area (Å²) in [5.74, 6) is -1.36. The Morgan fingerprint density at radius 2 is 1.85 bits per heavy atom. The van der Waals surface area contributed by atoms with Crippen LogP contribution < -0.4 is 10.1 Å². The van der Waals surface area contributed by atoms with Crippen molar-refractivity contribution < 1.29 is 28.7 Å². The largest absolute Gasteiger partial charge is 0.493 e. The number of thioether (sulfide) groups is 1. The first-order chi connectivity index (χ1) is 16.2. The molecular formula is C23H20Cl2N2O6S. The number of imide groups is 1. The van der Waals surface area contributed by atoms with E-state index in [1.807, 2.05) is 6.92 Å². The van der Waals surface area contributed by atoms with E-state index in [9.17, 15) is 19.2 Å². The second-order valence-corrected chi connectivity index (χ2v) is 8.68. The summed E-state index contributed by atoms with van der Waals surface area (Å²) in [6.45, 7) is 3.55. The highest BCUT2D eigenvalue weighted by Crippen LogP contribution is 2.35. The molecule has 8 nitrogen and oxygen atoms in total. The lowest BCUT2D eigenvalue weighted by Crippen LogP contribution is -2.36. The number of benzene rings is 2. The van der Waals surface area contributed by atoms with Crippen LogP contribution in [0.25, 0.3) is 6.08 Å². The van der Waals surface area contributed by atoms with Crippen LogP contribution in [0.3, 0.4) is 0 Å². The molecule has 1 heterocycles.